The van der Waals surface area contributed by atoms with Crippen LogP contribution < -0.4 is 5.56 Å². The summed E-state index contributed by atoms with van der Waals surface area (Å²) in [5, 5.41) is 1.14. The van der Waals surface area contributed by atoms with Crippen LogP contribution in [0.15, 0.2) is 35.3 Å². The topological polar surface area (TPSA) is 47.8 Å². The van der Waals surface area contributed by atoms with Crippen molar-refractivity contribution in [3.05, 3.63) is 56.6 Å². The lowest BCUT2D eigenvalue weighted by atomic mass is 10.0. The van der Waals surface area contributed by atoms with Crippen LogP contribution in [0.25, 0.3) is 22.3 Å². The maximum absolute atomic E-state index is 13.0. The second-order valence-corrected chi connectivity index (χ2v) is 8.06. The van der Waals surface area contributed by atoms with Crippen molar-refractivity contribution in [3.8, 4) is 11.1 Å². The van der Waals surface area contributed by atoms with E-state index in [1.54, 1.807) is 19.2 Å². The third kappa shape index (κ3) is 3.37. The van der Waals surface area contributed by atoms with Gasteiger partial charge in [0.25, 0.3) is 5.56 Å². The maximum atomic E-state index is 13.0. The molecule has 0 radical (unpaired) electrons. The van der Waals surface area contributed by atoms with Crippen molar-refractivity contribution in [2.45, 2.75) is 45.6 Å². The molecule has 27 heavy (non-hydrogen) atoms. The molecule has 6 heteroatoms. The fourth-order valence-electron chi connectivity index (χ4n) is 3.80. The van der Waals surface area contributed by atoms with E-state index < -0.39 is 0 Å². The van der Waals surface area contributed by atoms with Gasteiger partial charge in [0.15, 0.2) is 5.65 Å². The van der Waals surface area contributed by atoms with E-state index in [9.17, 15) is 4.79 Å². The first kappa shape index (κ1) is 18.5. The van der Waals surface area contributed by atoms with Crippen LogP contribution in [0.1, 0.15) is 44.3 Å². The third-order valence-electron chi connectivity index (χ3n) is 5.24. The van der Waals surface area contributed by atoms with Crippen LogP contribution in [0, 0.1) is 12.8 Å². The van der Waals surface area contributed by atoms with E-state index in [1.165, 1.54) is 12.8 Å². The summed E-state index contributed by atoms with van der Waals surface area (Å²) in [6.07, 6.45) is 6.06. The van der Waals surface area contributed by atoms with Gasteiger partial charge in [-0.2, -0.15) is 0 Å². The summed E-state index contributed by atoms with van der Waals surface area (Å²) in [4.78, 5) is 22.2. The number of nitrogens with zero attached hydrogens (tertiary/aromatic N) is 3. The summed E-state index contributed by atoms with van der Waals surface area (Å²) in [6, 6.07) is 7.48. The third-order valence-corrected chi connectivity index (χ3v) is 5.79. The molecule has 1 aliphatic carbocycles. The predicted molar refractivity (Wildman–Crippen MR) is 111 cm³/mol. The first-order chi connectivity index (χ1) is 13.0. The van der Waals surface area contributed by atoms with E-state index in [0.29, 0.717) is 32.8 Å². The smallest absolute Gasteiger partial charge is 0.273 e. The molecule has 140 valence electrons. The van der Waals surface area contributed by atoms with Crippen molar-refractivity contribution >= 4 is 34.4 Å². The highest BCUT2D eigenvalue weighted by atomic mass is 35.5. The molecular weight excluding hydrogens is 381 g/mol. The lowest BCUT2D eigenvalue weighted by molar-refractivity contribution is 0.408. The Balaban J connectivity index is 2.00. The number of halogens is 2. The van der Waals surface area contributed by atoms with Gasteiger partial charge in [0.05, 0.1) is 0 Å². The molecule has 0 saturated heterocycles. The van der Waals surface area contributed by atoms with E-state index in [-0.39, 0.29) is 11.6 Å². The lowest BCUT2D eigenvalue weighted by Crippen LogP contribution is -2.29. The van der Waals surface area contributed by atoms with Crippen LogP contribution in [-0.4, -0.2) is 14.5 Å². The van der Waals surface area contributed by atoms with Gasteiger partial charge in [-0.25, -0.2) is 9.97 Å². The molecule has 1 atom stereocenters. The molecule has 3 aromatic rings. The van der Waals surface area contributed by atoms with Crippen molar-refractivity contribution in [1.82, 2.24) is 14.5 Å². The quantitative estimate of drug-likeness (QED) is 0.540. The molecule has 1 fully saturated rings. The van der Waals surface area contributed by atoms with Gasteiger partial charge in [0, 0.05) is 33.4 Å². The largest absolute Gasteiger partial charge is 0.286 e. The average molecular weight is 402 g/mol. The molecule has 4 rings (SSSR count). The summed E-state index contributed by atoms with van der Waals surface area (Å²) in [5.74, 6) is 0.553. The molecule has 4 nitrogen and oxygen atoms in total. The first-order valence-electron chi connectivity index (χ1n) is 9.34. The minimum absolute atomic E-state index is 0.0419. The summed E-state index contributed by atoms with van der Waals surface area (Å²) in [6.45, 7) is 3.93. The Bertz CT molecular complexity index is 1070. The zero-order valence-corrected chi connectivity index (χ0v) is 16.9. The molecule has 1 aliphatic rings. The molecule has 2 heterocycles. The minimum atomic E-state index is -0.0419. The Labute approximate surface area is 168 Å². The maximum Gasteiger partial charge on any atom is 0.273 e. The van der Waals surface area contributed by atoms with Gasteiger partial charge in [0.2, 0.25) is 0 Å². The first-order valence-corrected chi connectivity index (χ1v) is 10.1. The second kappa shape index (κ2) is 7.25. The number of fused-ring (bicyclic) bond motifs is 1. The van der Waals surface area contributed by atoms with E-state index in [0.717, 1.165) is 24.0 Å². The summed E-state index contributed by atoms with van der Waals surface area (Å²) in [5.41, 5.74) is 3.50. The zero-order chi connectivity index (χ0) is 19.1. The van der Waals surface area contributed by atoms with Crippen LogP contribution >= 0.6 is 23.2 Å². The van der Waals surface area contributed by atoms with E-state index in [1.807, 2.05) is 22.8 Å². The van der Waals surface area contributed by atoms with Crippen LogP contribution in [0.2, 0.25) is 10.0 Å². The van der Waals surface area contributed by atoms with Crippen LogP contribution in [0.3, 0.4) is 0 Å². The van der Waals surface area contributed by atoms with Crippen molar-refractivity contribution < 1.29 is 0 Å². The molecule has 0 spiro atoms. The second-order valence-electron chi connectivity index (χ2n) is 7.22. The minimum Gasteiger partial charge on any atom is -0.286 e. The standard InChI is InChI=1S/C21H21Cl2N3O/c1-3-4-18(13-5-6-13)26-20-19(25-12(2)21(26)27)16(9-10-24-20)15-8-7-14(22)11-17(15)23/h7-11,13,18H,3-6H2,1-2H3/t18-/m0/s1. The molecular formula is C21H21Cl2N3O. The Morgan fingerprint density at radius 3 is 2.67 bits per heavy atom. The van der Waals surface area contributed by atoms with Gasteiger partial charge < -0.3 is 0 Å². The highest BCUT2D eigenvalue weighted by Crippen LogP contribution is 2.43. The molecule has 0 bridgehead atoms. The molecule has 1 saturated carbocycles. The van der Waals surface area contributed by atoms with Crippen molar-refractivity contribution in [2.24, 2.45) is 5.92 Å². The molecule has 0 N–H and O–H groups in total. The van der Waals surface area contributed by atoms with Gasteiger partial charge in [-0.05, 0) is 50.3 Å². The highest BCUT2D eigenvalue weighted by molar-refractivity contribution is 6.36. The zero-order valence-electron chi connectivity index (χ0n) is 15.4. The van der Waals surface area contributed by atoms with Crippen LogP contribution in [0.4, 0.5) is 0 Å². The number of benzene rings is 1. The van der Waals surface area contributed by atoms with Crippen molar-refractivity contribution in [1.29, 1.82) is 0 Å². The number of hydrogen-bond donors (Lipinski definition) is 0. The summed E-state index contributed by atoms with van der Waals surface area (Å²) in [7, 11) is 0. The number of aromatic nitrogens is 3. The van der Waals surface area contributed by atoms with Crippen molar-refractivity contribution in [3.63, 3.8) is 0 Å². The highest BCUT2D eigenvalue weighted by Gasteiger charge is 2.34. The fourth-order valence-corrected chi connectivity index (χ4v) is 4.31. The number of rotatable bonds is 5. The Morgan fingerprint density at radius 1 is 1.22 bits per heavy atom. The van der Waals surface area contributed by atoms with Gasteiger partial charge in [-0.1, -0.05) is 42.6 Å². The molecule has 2 aromatic heterocycles. The number of hydrogen-bond acceptors (Lipinski definition) is 3. The number of aryl methyl sites for hydroxylation is 1. The predicted octanol–water partition coefficient (Wildman–Crippen LogP) is 5.82. The van der Waals surface area contributed by atoms with Crippen LogP contribution in [-0.2, 0) is 0 Å². The van der Waals surface area contributed by atoms with Crippen LogP contribution in [0.5, 0.6) is 0 Å². The molecule has 0 unspecified atom stereocenters. The SMILES string of the molecule is CCC[C@@H](C1CC1)n1c(=O)c(C)nc2c(-c3ccc(Cl)cc3Cl)ccnc21. The Hall–Kier alpha value is -1.91. The fraction of sp³-hybridized carbons (Fsp3) is 0.381. The monoisotopic (exact) mass is 401 g/mol. The molecule has 0 aliphatic heterocycles. The lowest BCUT2D eigenvalue weighted by Gasteiger charge is -2.21. The Morgan fingerprint density at radius 2 is 2.00 bits per heavy atom. The summed E-state index contributed by atoms with van der Waals surface area (Å²) >= 11 is 12.5. The molecule has 1 aromatic carbocycles. The van der Waals surface area contributed by atoms with Gasteiger partial charge in [-0.15, -0.1) is 0 Å². The van der Waals surface area contributed by atoms with Gasteiger partial charge in [-0.3, -0.25) is 9.36 Å². The van der Waals surface area contributed by atoms with E-state index >= 15 is 0 Å². The van der Waals surface area contributed by atoms with E-state index in [4.69, 9.17) is 23.2 Å². The average Bonchev–Trinajstić information content (AvgIpc) is 3.46. The van der Waals surface area contributed by atoms with Gasteiger partial charge in [0.1, 0.15) is 11.2 Å². The normalized spacial score (nSPS) is 15.3. The van der Waals surface area contributed by atoms with Crippen molar-refractivity contribution in [2.75, 3.05) is 0 Å². The number of pyridine rings is 1. The molecule has 0 amide bonds. The van der Waals surface area contributed by atoms with E-state index in [2.05, 4.69) is 16.9 Å². The summed E-state index contributed by atoms with van der Waals surface area (Å²) < 4.78 is 1.88. The Kier molecular flexibility index (Phi) is 4.95. The van der Waals surface area contributed by atoms with Gasteiger partial charge >= 0.3 is 0 Å².